The SMILES string of the molecule is CNC(CSc1ccccc1C)Cc1ccc(Cl)c(Cl)c1. The van der Waals surface area contributed by atoms with Gasteiger partial charge in [-0.15, -0.1) is 11.8 Å². The molecule has 2 rings (SSSR count). The van der Waals surface area contributed by atoms with Gasteiger partial charge in [-0.05, 0) is 49.7 Å². The van der Waals surface area contributed by atoms with Gasteiger partial charge in [0.15, 0.2) is 0 Å². The van der Waals surface area contributed by atoms with Crippen LogP contribution in [-0.4, -0.2) is 18.8 Å². The molecule has 21 heavy (non-hydrogen) atoms. The molecule has 2 aromatic carbocycles. The topological polar surface area (TPSA) is 12.0 Å². The van der Waals surface area contributed by atoms with E-state index in [9.17, 15) is 0 Å². The molecule has 0 amide bonds. The molecule has 1 unspecified atom stereocenters. The zero-order valence-electron chi connectivity index (χ0n) is 12.2. The molecule has 1 atom stereocenters. The molecule has 0 radical (unpaired) electrons. The number of aryl methyl sites for hydroxylation is 1. The molecule has 0 aliphatic rings. The summed E-state index contributed by atoms with van der Waals surface area (Å²) in [6.07, 6.45) is 0.937. The summed E-state index contributed by atoms with van der Waals surface area (Å²) in [5, 5.41) is 4.61. The van der Waals surface area contributed by atoms with Crippen molar-refractivity contribution in [2.75, 3.05) is 12.8 Å². The minimum atomic E-state index is 0.395. The lowest BCUT2D eigenvalue weighted by molar-refractivity contribution is 0.617. The van der Waals surface area contributed by atoms with E-state index in [-0.39, 0.29) is 0 Å². The van der Waals surface area contributed by atoms with Gasteiger partial charge in [0.05, 0.1) is 10.0 Å². The standard InChI is InChI=1S/C17H19Cl2NS/c1-12-5-3-4-6-17(12)21-11-14(20-2)9-13-7-8-15(18)16(19)10-13/h3-8,10,14,20H,9,11H2,1-2H3. The summed E-state index contributed by atoms with van der Waals surface area (Å²) < 4.78 is 0. The Hall–Kier alpha value is -0.670. The molecule has 2 aromatic rings. The molecule has 0 saturated heterocycles. The third-order valence-corrected chi connectivity index (χ3v) is 5.49. The zero-order valence-corrected chi connectivity index (χ0v) is 14.5. The maximum Gasteiger partial charge on any atom is 0.0595 e. The maximum atomic E-state index is 6.08. The predicted molar refractivity (Wildman–Crippen MR) is 94.9 cm³/mol. The Morgan fingerprint density at radius 2 is 1.86 bits per heavy atom. The molecular formula is C17H19Cl2NS. The van der Waals surface area contributed by atoms with Crippen LogP contribution in [0, 0.1) is 6.92 Å². The van der Waals surface area contributed by atoms with Gasteiger partial charge in [0.1, 0.15) is 0 Å². The summed E-state index contributed by atoms with van der Waals surface area (Å²) in [7, 11) is 2.00. The fourth-order valence-corrected chi connectivity index (χ4v) is 3.56. The minimum Gasteiger partial charge on any atom is -0.316 e. The van der Waals surface area contributed by atoms with Gasteiger partial charge in [-0.1, -0.05) is 47.5 Å². The minimum absolute atomic E-state index is 0.395. The van der Waals surface area contributed by atoms with Crippen LogP contribution < -0.4 is 5.32 Å². The van der Waals surface area contributed by atoms with Crippen LogP contribution in [0.5, 0.6) is 0 Å². The number of halogens is 2. The molecule has 0 aromatic heterocycles. The zero-order chi connectivity index (χ0) is 15.2. The number of benzene rings is 2. The quantitative estimate of drug-likeness (QED) is 0.723. The molecule has 112 valence electrons. The van der Waals surface area contributed by atoms with Gasteiger partial charge in [-0.25, -0.2) is 0 Å². The predicted octanol–water partition coefficient (Wildman–Crippen LogP) is 5.22. The van der Waals surface area contributed by atoms with Crippen molar-refractivity contribution in [2.24, 2.45) is 0 Å². The van der Waals surface area contributed by atoms with Gasteiger partial charge < -0.3 is 5.32 Å². The summed E-state index contributed by atoms with van der Waals surface area (Å²) in [5.41, 5.74) is 2.53. The summed E-state index contributed by atoms with van der Waals surface area (Å²) in [6.45, 7) is 2.15. The van der Waals surface area contributed by atoms with Crippen LogP contribution in [0.25, 0.3) is 0 Å². The van der Waals surface area contributed by atoms with Crippen LogP contribution in [0.1, 0.15) is 11.1 Å². The fraction of sp³-hybridized carbons (Fsp3) is 0.294. The van der Waals surface area contributed by atoms with Crippen LogP contribution in [-0.2, 0) is 6.42 Å². The largest absolute Gasteiger partial charge is 0.316 e. The lowest BCUT2D eigenvalue weighted by atomic mass is 10.1. The van der Waals surface area contributed by atoms with Gasteiger partial charge in [0, 0.05) is 16.7 Å². The highest BCUT2D eigenvalue weighted by Gasteiger charge is 2.10. The second-order valence-electron chi connectivity index (χ2n) is 5.01. The Bertz CT molecular complexity index is 601. The van der Waals surface area contributed by atoms with Crippen LogP contribution in [0.4, 0.5) is 0 Å². The molecule has 0 aliphatic heterocycles. The van der Waals surface area contributed by atoms with E-state index in [2.05, 4.69) is 36.5 Å². The van der Waals surface area contributed by atoms with E-state index in [0.29, 0.717) is 16.1 Å². The van der Waals surface area contributed by atoms with Crippen LogP contribution in [0.15, 0.2) is 47.4 Å². The third-order valence-electron chi connectivity index (χ3n) is 3.41. The molecule has 0 heterocycles. The van der Waals surface area contributed by atoms with Gasteiger partial charge >= 0.3 is 0 Å². The van der Waals surface area contributed by atoms with Crippen molar-refractivity contribution in [1.29, 1.82) is 0 Å². The number of likely N-dealkylation sites (N-methyl/N-ethyl adjacent to an activating group) is 1. The lowest BCUT2D eigenvalue weighted by Crippen LogP contribution is -2.30. The maximum absolute atomic E-state index is 6.08. The second kappa shape index (κ2) is 8.09. The molecule has 1 nitrogen and oxygen atoms in total. The van der Waals surface area contributed by atoms with E-state index in [0.717, 1.165) is 12.2 Å². The first-order valence-corrected chi connectivity index (χ1v) is 8.64. The number of hydrogen-bond acceptors (Lipinski definition) is 2. The molecule has 1 N–H and O–H groups in total. The van der Waals surface area contributed by atoms with Crippen LogP contribution in [0.3, 0.4) is 0 Å². The van der Waals surface area contributed by atoms with Crippen molar-refractivity contribution in [2.45, 2.75) is 24.3 Å². The highest BCUT2D eigenvalue weighted by atomic mass is 35.5. The van der Waals surface area contributed by atoms with Crippen molar-refractivity contribution in [3.05, 3.63) is 63.6 Å². The Kier molecular flexibility index (Phi) is 6.43. The summed E-state index contributed by atoms with van der Waals surface area (Å²) in [4.78, 5) is 1.34. The van der Waals surface area contributed by atoms with Crippen molar-refractivity contribution in [1.82, 2.24) is 5.32 Å². The first-order valence-electron chi connectivity index (χ1n) is 6.89. The summed E-state index contributed by atoms with van der Waals surface area (Å²) in [6, 6.07) is 14.7. The molecule has 0 saturated carbocycles. The van der Waals surface area contributed by atoms with Crippen molar-refractivity contribution >= 4 is 35.0 Å². The van der Waals surface area contributed by atoms with Crippen molar-refractivity contribution in [3.63, 3.8) is 0 Å². The average molecular weight is 340 g/mol. The number of thioether (sulfide) groups is 1. The molecular weight excluding hydrogens is 321 g/mol. The Morgan fingerprint density at radius 3 is 2.52 bits per heavy atom. The molecule has 0 fully saturated rings. The highest BCUT2D eigenvalue weighted by molar-refractivity contribution is 7.99. The first-order chi connectivity index (χ1) is 10.1. The van der Waals surface area contributed by atoms with E-state index in [4.69, 9.17) is 23.2 Å². The van der Waals surface area contributed by atoms with Crippen LogP contribution in [0.2, 0.25) is 10.0 Å². The van der Waals surface area contributed by atoms with Gasteiger partial charge in [0.25, 0.3) is 0 Å². The first kappa shape index (κ1) is 16.7. The third kappa shape index (κ3) is 4.93. The molecule has 0 spiro atoms. The number of nitrogens with one attached hydrogen (secondary N) is 1. The van der Waals surface area contributed by atoms with E-state index < -0.39 is 0 Å². The highest BCUT2D eigenvalue weighted by Crippen LogP contribution is 2.25. The molecule has 0 bridgehead atoms. The normalized spacial score (nSPS) is 12.4. The Morgan fingerprint density at radius 1 is 1.10 bits per heavy atom. The van der Waals surface area contributed by atoms with Crippen molar-refractivity contribution in [3.8, 4) is 0 Å². The van der Waals surface area contributed by atoms with E-state index in [1.54, 1.807) is 0 Å². The van der Waals surface area contributed by atoms with E-state index >= 15 is 0 Å². The lowest BCUT2D eigenvalue weighted by Gasteiger charge is -2.17. The number of rotatable bonds is 6. The van der Waals surface area contributed by atoms with Crippen LogP contribution >= 0.6 is 35.0 Å². The summed E-state index contributed by atoms with van der Waals surface area (Å²) in [5.74, 6) is 1.02. The average Bonchev–Trinajstić information content (AvgIpc) is 2.48. The van der Waals surface area contributed by atoms with Gasteiger partial charge in [-0.3, -0.25) is 0 Å². The van der Waals surface area contributed by atoms with E-state index in [1.165, 1.54) is 16.0 Å². The van der Waals surface area contributed by atoms with Gasteiger partial charge in [0.2, 0.25) is 0 Å². The Labute approximate surface area is 141 Å². The fourth-order valence-electron chi connectivity index (χ4n) is 2.10. The Balaban J connectivity index is 1.97. The number of hydrogen-bond donors (Lipinski definition) is 1. The van der Waals surface area contributed by atoms with Crippen molar-refractivity contribution < 1.29 is 0 Å². The van der Waals surface area contributed by atoms with E-state index in [1.807, 2.05) is 37.0 Å². The second-order valence-corrected chi connectivity index (χ2v) is 6.89. The molecule has 4 heteroatoms. The van der Waals surface area contributed by atoms with Gasteiger partial charge in [-0.2, -0.15) is 0 Å². The monoisotopic (exact) mass is 339 g/mol. The summed E-state index contributed by atoms with van der Waals surface area (Å²) >= 11 is 13.9. The smallest absolute Gasteiger partial charge is 0.0595 e. The molecule has 0 aliphatic carbocycles.